The maximum atomic E-state index is 5.97. The smallest absolute Gasteiger partial charge is 0.192 e. The van der Waals surface area contributed by atoms with Crippen molar-refractivity contribution >= 4 is 5.96 Å². The standard InChI is InChI=1S/C20H28N6O2/c1-13-24-25-19(26(13)2)12-22-20(23-17-10-16-8-9-18(17)28-16)21-11-14-4-6-15(27-3)7-5-14/h4-7,16-18H,8-12H2,1-3H3,(H2,21,22,23). The minimum atomic E-state index is 0.287. The molecule has 3 unspecified atom stereocenters. The zero-order chi connectivity index (χ0) is 19.5. The number of nitrogens with zero attached hydrogens (tertiary/aromatic N) is 4. The minimum absolute atomic E-state index is 0.287. The molecule has 2 aliphatic rings. The van der Waals surface area contributed by atoms with Crippen molar-refractivity contribution in [3.05, 3.63) is 41.5 Å². The number of ether oxygens (including phenoxy) is 2. The van der Waals surface area contributed by atoms with E-state index in [4.69, 9.17) is 14.5 Å². The Labute approximate surface area is 165 Å². The average molecular weight is 384 g/mol. The van der Waals surface area contributed by atoms with E-state index in [0.29, 0.717) is 25.2 Å². The van der Waals surface area contributed by atoms with Crippen molar-refractivity contribution in [1.82, 2.24) is 25.4 Å². The van der Waals surface area contributed by atoms with Gasteiger partial charge in [0.25, 0.3) is 0 Å². The number of aryl methyl sites for hydroxylation is 1. The van der Waals surface area contributed by atoms with Crippen LogP contribution in [0.25, 0.3) is 0 Å². The molecule has 2 saturated heterocycles. The Bertz CT molecular complexity index is 832. The molecule has 1 aromatic carbocycles. The van der Waals surface area contributed by atoms with E-state index >= 15 is 0 Å². The van der Waals surface area contributed by atoms with Gasteiger partial charge in [-0.3, -0.25) is 0 Å². The Kier molecular flexibility index (Phi) is 5.47. The van der Waals surface area contributed by atoms with Gasteiger partial charge in [-0.15, -0.1) is 10.2 Å². The fourth-order valence-corrected chi connectivity index (χ4v) is 3.79. The summed E-state index contributed by atoms with van der Waals surface area (Å²) < 4.78 is 13.2. The molecule has 8 nitrogen and oxygen atoms in total. The predicted octanol–water partition coefficient (Wildman–Crippen LogP) is 1.69. The number of methoxy groups -OCH3 is 1. The quantitative estimate of drug-likeness (QED) is 0.582. The monoisotopic (exact) mass is 384 g/mol. The van der Waals surface area contributed by atoms with Crippen LogP contribution in [0, 0.1) is 6.92 Å². The van der Waals surface area contributed by atoms with Gasteiger partial charge in [0.05, 0.1) is 38.4 Å². The van der Waals surface area contributed by atoms with Crippen LogP contribution in [0.4, 0.5) is 0 Å². The number of nitrogens with one attached hydrogen (secondary N) is 2. The molecule has 0 radical (unpaired) electrons. The molecule has 1 aromatic heterocycles. The third kappa shape index (κ3) is 4.11. The number of hydrogen-bond donors (Lipinski definition) is 2. The van der Waals surface area contributed by atoms with E-state index < -0.39 is 0 Å². The van der Waals surface area contributed by atoms with Gasteiger partial charge in [0.15, 0.2) is 11.8 Å². The van der Waals surface area contributed by atoms with Crippen molar-refractivity contribution in [2.75, 3.05) is 7.11 Å². The highest BCUT2D eigenvalue weighted by atomic mass is 16.5. The van der Waals surface area contributed by atoms with Crippen molar-refractivity contribution in [3.63, 3.8) is 0 Å². The molecule has 3 heterocycles. The summed E-state index contributed by atoms with van der Waals surface area (Å²) in [5, 5.41) is 15.3. The molecular formula is C20H28N6O2. The predicted molar refractivity (Wildman–Crippen MR) is 106 cm³/mol. The number of hydrogen-bond acceptors (Lipinski definition) is 5. The molecule has 0 spiro atoms. The van der Waals surface area contributed by atoms with E-state index in [2.05, 4.69) is 20.8 Å². The van der Waals surface area contributed by atoms with Gasteiger partial charge in [0.2, 0.25) is 0 Å². The van der Waals surface area contributed by atoms with E-state index in [1.807, 2.05) is 42.8 Å². The van der Waals surface area contributed by atoms with Crippen LogP contribution >= 0.6 is 0 Å². The van der Waals surface area contributed by atoms with Crippen molar-refractivity contribution in [1.29, 1.82) is 0 Å². The molecule has 28 heavy (non-hydrogen) atoms. The molecule has 0 aliphatic carbocycles. The number of aromatic nitrogens is 3. The molecular weight excluding hydrogens is 356 g/mol. The lowest BCUT2D eigenvalue weighted by Crippen LogP contribution is -2.47. The third-order valence-electron chi connectivity index (χ3n) is 5.60. The van der Waals surface area contributed by atoms with E-state index in [1.54, 1.807) is 7.11 Å². The summed E-state index contributed by atoms with van der Waals surface area (Å²) in [6.07, 6.45) is 4.02. The number of rotatable bonds is 6. The summed E-state index contributed by atoms with van der Waals surface area (Å²) in [5.41, 5.74) is 1.13. The van der Waals surface area contributed by atoms with Crippen LogP contribution < -0.4 is 15.4 Å². The summed E-state index contributed by atoms with van der Waals surface area (Å²) in [6.45, 7) is 3.09. The summed E-state index contributed by atoms with van der Waals surface area (Å²) in [7, 11) is 3.64. The summed E-state index contributed by atoms with van der Waals surface area (Å²) in [4.78, 5) is 4.79. The first-order valence-corrected chi connectivity index (χ1v) is 9.80. The van der Waals surface area contributed by atoms with Crippen molar-refractivity contribution in [3.8, 4) is 5.75 Å². The zero-order valence-electron chi connectivity index (χ0n) is 16.7. The molecule has 0 amide bonds. The van der Waals surface area contributed by atoms with Crippen molar-refractivity contribution in [2.24, 2.45) is 12.0 Å². The molecule has 8 heteroatoms. The minimum Gasteiger partial charge on any atom is -0.497 e. The number of benzene rings is 1. The van der Waals surface area contributed by atoms with E-state index in [1.165, 1.54) is 6.42 Å². The first-order chi connectivity index (χ1) is 13.6. The Morgan fingerprint density at radius 2 is 2.11 bits per heavy atom. The molecule has 3 atom stereocenters. The van der Waals surface area contributed by atoms with E-state index in [9.17, 15) is 0 Å². The number of fused-ring (bicyclic) bond motifs is 2. The van der Waals surface area contributed by atoms with E-state index in [-0.39, 0.29) is 6.10 Å². The lowest BCUT2D eigenvalue weighted by atomic mass is 9.96. The van der Waals surface area contributed by atoms with Gasteiger partial charge in [-0.2, -0.15) is 0 Å². The van der Waals surface area contributed by atoms with Gasteiger partial charge >= 0.3 is 0 Å². The van der Waals surface area contributed by atoms with Crippen LogP contribution in [0.5, 0.6) is 5.75 Å². The lowest BCUT2D eigenvalue weighted by Gasteiger charge is -2.23. The summed E-state index contributed by atoms with van der Waals surface area (Å²) in [5.74, 6) is 3.39. The molecule has 4 rings (SSSR count). The first kappa shape index (κ1) is 18.7. The highest BCUT2D eigenvalue weighted by molar-refractivity contribution is 5.80. The van der Waals surface area contributed by atoms with Gasteiger partial charge in [0, 0.05) is 7.05 Å². The van der Waals surface area contributed by atoms with E-state index in [0.717, 1.165) is 41.8 Å². The second kappa shape index (κ2) is 8.18. The van der Waals surface area contributed by atoms with Crippen LogP contribution in [0.1, 0.15) is 36.5 Å². The maximum absolute atomic E-state index is 5.97. The largest absolute Gasteiger partial charge is 0.497 e. The third-order valence-corrected chi connectivity index (χ3v) is 5.60. The topological polar surface area (TPSA) is 85.6 Å². The van der Waals surface area contributed by atoms with Crippen LogP contribution in [0.3, 0.4) is 0 Å². The van der Waals surface area contributed by atoms with Gasteiger partial charge < -0.3 is 24.7 Å². The number of aliphatic imine (C=N–C) groups is 1. The maximum Gasteiger partial charge on any atom is 0.192 e. The summed E-state index contributed by atoms with van der Waals surface area (Å²) in [6, 6.07) is 8.29. The van der Waals surface area contributed by atoms with Crippen LogP contribution in [-0.2, 0) is 24.9 Å². The van der Waals surface area contributed by atoms with Gasteiger partial charge in [0.1, 0.15) is 11.6 Å². The summed E-state index contributed by atoms with van der Waals surface area (Å²) >= 11 is 0. The Hall–Kier alpha value is -2.61. The normalized spacial score (nSPS) is 23.8. The second-order valence-electron chi connectivity index (χ2n) is 7.45. The van der Waals surface area contributed by atoms with Crippen LogP contribution in [0.15, 0.2) is 29.3 Å². The first-order valence-electron chi connectivity index (χ1n) is 9.80. The second-order valence-corrected chi connectivity index (χ2v) is 7.45. The van der Waals surface area contributed by atoms with Crippen molar-refractivity contribution < 1.29 is 9.47 Å². The Balaban J connectivity index is 1.44. The molecule has 0 saturated carbocycles. The molecule has 150 valence electrons. The number of guanidine groups is 1. The molecule has 2 bridgehead atoms. The van der Waals surface area contributed by atoms with Crippen LogP contribution in [0.2, 0.25) is 0 Å². The molecule has 2 aromatic rings. The van der Waals surface area contributed by atoms with Gasteiger partial charge in [-0.1, -0.05) is 12.1 Å². The fourth-order valence-electron chi connectivity index (χ4n) is 3.79. The molecule has 2 N–H and O–H groups in total. The highest BCUT2D eigenvalue weighted by Gasteiger charge is 2.41. The molecule has 2 fully saturated rings. The Morgan fingerprint density at radius 1 is 1.29 bits per heavy atom. The Morgan fingerprint density at radius 3 is 2.71 bits per heavy atom. The van der Waals surface area contributed by atoms with Crippen LogP contribution in [-0.4, -0.2) is 46.1 Å². The fraction of sp³-hybridized carbons (Fsp3) is 0.550. The van der Waals surface area contributed by atoms with Gasteiger partial charge in [-0.05, 0) is 43.9 Å². The lowest BCUT2D eigenvalue weighted by molar-refractivity contribution is 0.0992. The highest BCUT2D eigenvalue weighted by Crippen LogP contribution is 2.34. The van der Waals surface area contributed by atoms with Gasteiger partial charge in [-0.25, -0.2) is 4.99 Å². The average Bonchev–Trinajstić information content (AvgIpc) is 3.42. The zero-order valence-corrected chi connectivity index (χ0v) is 16.7. The van der Waals surface area contributed by atoms with Crippen molar-refractivity contribution in [2.45, 2.75) is 57.5 Å². The molecule has 2 aliphatic heterocycles. The SMILES string of the molecule is COc1ccc(CN=C(NCc2nnc(C)n2C)NC2CC3CCC2O3)cc1.